The second-order valence-electron chi connectivity index (χ2n) is 4.17. The highest BCUT2D eigenvalue weighted by molar-refractivity contribution is 7.11. The number of nitrogens with zero attached hydrogens (tertiary/aromatic N) is 2. The lowest BCUT2D eigenvalue weighted by atomic mass is 9.98. The molecule has 0 unspecified atom stereocenters. The third-order valence-corrected chi connectivity index (χ3v) is 3.71. The average Bonchev–Trinajstić information content (AvgIpc) is 2.82. The van der Waals surface area contributed by atoms with E-state index in [4.69, 9.17) is 5.11 Å². The molecular formula is C11H14N2O3S. The molecule has 5 nitrogen and oxygen atoms in total. The normalized spacial score (nSPS) is 21.3. The molecule has 1 aliphatic heterocycles. The number of Topliss-reactive ketones (excluding diaryl/α,β-unsaturated/α-hetero) is 1. The van der Waals surface area contributed by atoms with Crippen molar-refractivity contribution in [3.05, 3.63) is 16.6 Å². The summed E-state index contributed by atoms with van der Waals surface area (Å²) in [5.74, 6) is -1.13. The minimum atomic E-state index is -0.767. The quantitative estimate of drug-likeness (QED) is 0.815. The van der Waals surface area contributed by atoms with Gasteiger partial charge in [-0.25, -0.2) is 4.98 Å². The van der Waals surface area contributed by atoms with Gasteiger partial charge in [0.2, 0.25) is 5.78 Å². The number of piperidine rings is 1. The van der Waals surface area contributed by atoms with Crippen LogP contribution in [0.15, 0.2) is 11.6 Å². The standard InChI is InChI=1S/C11H14N2O3S/c14-9(10-12-3-5-17-10)7-13-4-1-2-8(6-13)11(15)16/h3,5,8H,1-2,4,6-7H2,(H,15,16)/t8-/m0/s1. The van der Waals surface area contributed by atoms with Gasteiger partial charge in [-0.1, -0.05) is 0 Å². The molecule has 0 bridgehead atoms. The molecule has 1 atom stereocenters. The van der Waals surface area contributed by atoms with Gasteiger partial charge in [0.05, 0.1) is 12.5 Å². The molecule has 0 saturated carbocycles. The molecule has 0 aromatic carbocycles. The fraction of sp³-hybridized carbons (Fsp3) is 0.545. The van der Waals surface area contributed by atoms with Gasteiger partial charge in [-0.05, 0) is 19.4 Å². The first-order valence-electron chi connectivity index (χ1n) is 5.54. The van der Waals surface area contributed by atoms with Gasteiger partial charge in [0.15, 0.2) is 5.01 Å². The van der Waals surface area contributed by atoms with Crippen molar-refractivity contribution in [2.45, 2.75) is 12.8 Å². The van der Waals surface area contributed by atoms with Crippen molar-refractivity contribution < 1.29 is 14.7 Å². The van der Waals surface area contributed by atoms with Crippen LogP contribution in [0.1, 0.15) is 22.6 Å². The van der Waals surface area contributed by atoms with Gasteiger partial charge >= 0.3 is 5.97 Å². The lowest BCUT2D eigenvalue weighted by Gasteiger charge is -2.29. The van der Waals surface area contributed by atoms with Crippen molar-refractivity contribution in [3.8, 4) is 0 Å². The second kappa shape index (κ2) is 5.37. The lowest BCUT2D eigenvalue weighted by molar-refractivity contribution is -0.143. The molecule has 1 saturated heterocycles. The maximum absolute atomic E-state index is 11.8. The lowest BCUT2D eigenvalue weighted by Crippen LogP contribution is -2.41. The van der Waals surface area contributed by atoms with Crippen LogP contribution in [0, 0.1) is 5.92 Å². The van der Waals surface area contributed by atoms with E-state index in [1.807, 2.05) is 4.90 Å². The molecule has 1 aromatic heterocycles. The fourth-order valence-corrected chi connectivity index (χ4v) is 2.60. The third-order valence-electron chi connectivity index (χ3n) is 2.89. The minimum Gasteiger partial charge on any atom is -0.481 e. The van der Waals surface area contributed by atoms with Gasteiger partial charge < -0.3 is 5.11 Å². The first-order chi connectivity index (χ1) is 8.16. The van der Waals surface area contributed by atoms with Crippen LogP contribution in [0.4, 0.5) is 0 Å². The van der Waals surface area contributed by atoms with Gasteiger partial charge in [-0.3, -0.25) is 14.5 Å². The van der Waals surface area contributed by atoms with E-state index in [0.717, 1.165) is 13.0 Å². The van der Waals surface area contributed by atoms with Crippen molar-refractivity contribution in [2.24, 2.45) is 5.92 Å². The smallest absolute Gasteiger partial charge is 0.307 e. The molecule has 2 heterocycles. The van der Waals surface area contributed by atoms with E-state index in [2.05, 4.69) is 4.98 Å². The Morgan fingerprint density at radius 3 is 3.06 bits per heavy atom. The monoisotopic (exact) mass is 254 g/mol. The van der Waals surface area contributed by atoms with Crippen LogP contribution < -0.4 is 0 Å². The molecule has 6 heteroatoms. The summed E-state index contributed by atoms with van der Waals surface area (Å²) in [5.41, 5.74) is 0. The van der Waals surface area contributed by atoms with E-state index in [-0.39, 0.29) is 18.2 Å². The summed E-state index contributed by atoms with van der Waals surface area (Å²) in [7, 11) is 0. The highest BCUT2D eigenvalue weighted by Crippen LogP contribution is 2.17. The summed E-state index contributed by atoms with van der Waals surface area (Å²) in [6.07, 6.45) is 3.15. The Labute approximate surface area is 103 Å². The summed E-state index contributed by atoms with van der Waals surface area (Å²) in [4.78, 5) is 28.6. The van der Waals surface area contributed by atoms with Crippen molar-refractivity contribution in [2.75, 3.05) is 19.6 Å². The molecule has 0 spiro atoms. The highest BCUT2D eigenvalue weighted by atomic mass is 32.1. The summed E-state index contributed by atoms with van der Waals surface area (Å²) in [6.45, 7) is 1.53. The predicted molar refractivity (Wildman–Crippen MR) is 63.2 cm³/mol. The van der Waals surface area contributed by atoms with Crippen LogP contribution in [-0.2, 0) is 4.79 Å². The molecule has 0 aliphatic carbocycles. The van der Waals surface area contributed by atoms with E-state index >= 15 is 0 Å². The van der Waals surface area contributed by atoms with Crippen molar-refractivity contribution in [1.82, 2.24) is 9.88 Å². The van der Waals surface area contributed by atoms with Crippen molar-refractivity contribution in [3.63, 3.8) is 0 Å². The van der Waals surface area contributed by atoms with Crippen LogP contribution in [0.2, 0.25) is 0 Å². The number of carbonyl (C=O) groups is 2. The maximum Gasteiger partial charge on any atom is 0.307 e. The number of rotatable bonds is 4. The summed E-state index contributed by atoms with van der Waals surface area (Å²) < 4.78 is 0. The van der Waals surface area contributed by atoms with Crippen LogP contribution in [0.25, 0.3) is 0 Å². The van der Waals surface area contributed by atoms with E-state index in [0.29, 0.717) is 18.0 Å². The summed E-state index contributed by atoms with van der Waals surface area (Å²) >= 11 is 1.32. The zero-order valence-corrected chi connectivity index (χ0v) is 10.2. The molecule has 1 aromatic rings. The number of carboxylic acid groups (broad SMARTS) is 1. The van der Waals surface area contributed by atoms with E-state index in [9.17, 15) is 9.59 Å². The van der Waals surface area contributed by atoms with E-state index in [1.165, 1.54) is 11.3 Å². The predicted octanol–water partition coefficient (Wildman–Crippen LogP) is 1.12. The molecule has 1 N–H and O–H groups in total. The van der Waals surface area contributed by atoms with Gasteiger partial charge in [-0.15, -0.1) is 11.3 Å². The molecule has 17 heavy (non-hydrogen) atoms. The third kappa shape index (κ3) is 3.10. The topological polar surface area (TPSA) is 70.5 Å². The molecule has 1 fully saturated rings. The summed E-state index contributed by atoms with van der Waals surface area (Å²) in [5, 5.41) is 11.2. The van der Waals surface area contributed by atoms with Crippen molar-refractivity contribution in [1.29, 1.82) is 0 Å². The maximum atomic E-state index is 11.8. The number of aromatic nitrogens is 1. The zero-order chi connectivity index (χ0) is 12.3. The summed E-state index contributed by atoms with van der Waals surface area (Å²) in [6, 6.07) is 0. The van der Waals surface area contributed by atoms with Crippen LogP contribution in [-0.4, -0.2) is 46.4 Å². The Hall–Kier alpha value is -1.27. The van der Waals surface area contributed by atoms with Gasteiger partial charge in [-0.2, -0.15) is 0 Å². The molecular weight excluding hydrogens is 240 g/mol. The van der Waals surface area contributed by atoms with Gasteiger partial charge in [0.25, 0.3) is 0 Å². The Morgan fingerprint density at radius 1 is 1.59 bits per heavy atom. The van der Waals surface area contributed by atoms with Crippen LogP contribution in [0.5, 0.6) is 0 Å². The zero-order valence-electron chi connectivity index (χ0n) is 9.33. The first-order valence-corrected chi connectivity index (χ1v) is 6.42. The Bertz CT molecular complexity index is 405. The Morgan fingerprint density at radius 2 is 2.41 bits per heavy atom. The van der Waals surface area contributed by atoms with Crippen molar-refractivity contribution >= 4 is 23.1 Å². The second-order valence-corrected chi connectivity index (χ2v) is 5.07. The van der Waals surface area contributed by atoms with Crippen LogP contribution in [0.3, 0.4) is 0 Å². The minimum absolute atomic E-state index is 0.0222. The first kappa shape index (κ1) is 12.2. The van der Waals surface area contributed by atoms with Gasteiger partial charge in [0, 0.05) is 18.1 Å². The molecule has 1 aliphatic rings. The number of hydrogen-bond acceptors (Lipinski definition) is 5. The highest BCUT2D eigenvalue weighted by Gasteiger charge is 2.26. The number of carbonyl (C=O) groups excluding carboxylic acids is 1. The number of likely N-dealkylation sites (tertiary alicyclic amines) is 1. The molecule has 2 rings (SSSR count). The largest absolute Gasteiger partial charge is 0.481 e. The number of carboxylic acids is 1. The SMILES string of the molecule is O=C(CN1CCC[C@H](C(=O)O)C1)c1nccs1. The van der Waals surface area contributed by atoms with Gasteiger partial charge in [0.1, 0.15) is 0 Å². The molecule has 92 valence electrons. The average molecular weight is 254 g/mol. The Balaban J connectivity index is 1.91. The molecule has 0 amide bonds. The Kier molecular flexibility index (Phi) is 3.86. The number of ketones is 1. The van der Waals surface area contributed by atoms with E-state index in [1.54, 1.807) is 11.6 Å². The van der Waals surface area contributed by atoms with Crippen LogP contribution >= 0.6 is 11.3 Å². The number of hydrogen-bond donors (Lipinski definition) is 1. The fourth-order valence-electron chi connectivity index (χ4n) is 2.03. The number of aliphatic carboxylic acids is 1. The number of thiazole rings is 1. The van der Waals surface area contributed by atoms with E-state index < -0.39 is 5.97 Å². The molecule has 0 radical (unpaired) electrons.